The monoisotopic (exact) mass is 223 g/mol. The molecular weight excluding hydrogens is 202 g/mol. The summed E-state index contributed by atoms with van der Waals surface area (Å²) in [4.78, 5) is 4.46. The van der Waals surface area contributed by atoms with Crippen LogP contribution in [0, 0.1) is 0 Å². The first-order valence-corrected chi connectivity index (χ1v) is 6.12. The van der Waals surface area contributed by atoms with Crippen LogP contribution in [0.4, 0.5) is 0 Å². The van der Waals surface area contributed by atoms with Crippen molar-refractivity contribution in [2.24, 2.45) is 0 Å². The van der Waals surface area contributed by atoms with Crippen molar-refractivity contribution < 1.29 is 4.52 Å². The maximum atomic E-state index is 5.25. The quantitative estimate of drug-likeness (QED) is 0.855. The number of aromatic nitrogens is 2. The third-order valence-electron chi connectivity index (χ3n) is 2.97. The summed E-state index contributed by atoms with van der Waals surface area (Å²) < 4.78 is 5.25. The summed E-state index contributed by atoms with van der Waals surface area (Å²) in [5, 5.41) is 7.42. The SMILES string of the molecule is CC(C)(C)NCc1nc(C2CCCC2)no1. The van der Waals surface area contributed by atoms with Gasteiger partial charge in [-0.2, -0.15) is 4.98 Å². The molecular formula is C12H21N3O. The second-order valence-corrected chi connectivity index (χ2v) is 5.63. The van der Waals surface area contributed by atoms with Gasteiger partial charge in [0.1, 0.15) is 0 Å². The van der Waals surface area contributed by atoms with Gasteiger partial charge >= 0.3 is 0 Å². The van der Waals surface area contributed by atoms with Crippen LogP contribution in [0.3, 0.4) is 0 Å². The molecule has 0 unspecified atom stereocenters. The van der Waals surface area contributed by atoms with Crippen LogP contribution in [0.5, 0.6) is 0 Å². The first-order valence-electron chi connectivity index (χ1n) is 6.12. The van der Waals surface area contributed by atoms with Crippen molar-refractivity contribution in [2.75, 3.05) is 0 Å². The van der Waals surface area contributed by atoms with Crippen LogP contribution in [0.1, 0.15) is 64.1 Å². The van der Waals surface area contributed by atoms with Gasteiger partial charge in [-0.05, 0) is 33.6 Å². The zero-order chi connectivity index (χ0) is 11.6. The molecule has 0 spiro atoms. The Labute approximate surface area is 96.8 Å². The summed E-state index contributed by atoms with van der Waals surface area (Å²) >= 11 is 0. The Morgan fingerprint density at radius 2 is 2.00 bits per heavy atom. The lowest BCUT2D eigenvalue weighted by atomic mass is 10.1. The first-order chi connectivity index (χ1) is 7.54. The maximum Gasteiger partial charge on any atom is 0.240 e. The van der Waals surface area contributed by atoms with E-state index in [0.717, 1.165) is 5.82 Å². The second kappa shape index (κ2) is 4.53. The number of hydrogen-bond acceptors (Lipinski definition) is 4. The van der Waals surface area contributed by atoms with E-state index >= 15 is 0 Å². The molecule has 0 aliphatic heterocycles. The highest BCUT2D eigenvalue weighted by Gasteiger charge is 2.22. The normalized spacial score (nSPS) is 18.2. The molecule has 4 heteroatoms. The zero-order valence-corrected chi connectivity index (χ0v) is 10.4. The molecule has 0 atom stereocenters. The summed E-state index contributed by atoms with van der Waals surface area (Å²) in [6.07, 6.45) is 5.03. The van der Waals surface area contributed by atoms with E-state index in [-0.39, 0.29) is 5.54 Å². The average Bonchev–Trinajstić information content (AvgIpc) is 2.84. The fourth-order valence-corrected chi connectivity index (χ4v) is 2.03. The molecule has 1 aromatic rings. The van der Waals surface area contributed by atoms with Crippen molar-refractivity contribution in [3.8, 4) is 0 Å². The molecule has 0 bridgehead atoms. The third-order valence-corrected chi connectivity index (χ3v) is 2.97. The van der Waals surface area contributed by atoms with Crippen LogP contribution >= 0.6 is 0 Å². The lowest BCUT2D eigenvalue weighted by Gasteiger charge is -2.18. The lowest BCUT2D eigenvalue weighted by Crippen LogP contribution is -2.35. The molecule has 0 saturated heterocycles. The van der Waals surface area contributed by atoms with Crippen molar-refractivity contribution in [2.45, 2.75) is 64.5 Å². The molecule has 0 aromatic carbocycles. The van der Waals surface area contributed by atoms with E-state index in [1.807, 2.05) is 0 Å². The van der Waals surface area contributed by atoms with Gasteiger partial charge in [0.05, 0.1) is 6.54 Å². The average molecular weight is 223 g/mol. The highest BCUT2D eigenvalue weighted by Crippen LogP contribution is 2.32. The predicted molar refractivity (Wildman–Crippen MR) is 62.1 cm³/mol. The fraction of sp³-hybridized carbons (Fsp3) is 0.833. The van der Waals surface area contributed by atoms with Crippen molar-refractivity contribution in [1.82, 2.24) is 15.5 Å². The van der Waals surface area contributed by atoms with Crippen LogP contribution in [-0.4, -0.2) is 15.7 Å². The molecule has 1 aliphatic rings. The fourth-order valence-electron chi connectivity index (χ4n) is 2.03. The molecule has 0 radical (unpaired) electrons. The summed E-state index contributed by atoms with van der Waals surface area (Å²) in [5.41, 5.74) is 0.0853. The molecule has 1 heterocycles. The molecule has 2 rings (SSSR count). The highest BCUT2D eigenvalue weighted by atomic mass is 16.5. The van der Waals surface area contributed by atoms with Gasteiger partial charge in [0.15, 0.2) is 5.82 Å². The largest absolute Gasteiger partial charge is 0.338 e. The molecule has 1 saturated carbocycles. The number of nitrogens with zero attached hydrogens (tertiary/aromatic N) is 2. The summed E-state index contributed by atoms with van der Waals surface area (Å²) in [6, 6.07) is 0. The highest BCUT2D eigenvalue weighted by molar-refractivity contribution is 4.97. The Kier molecular flexibility index (Phi) is 3.28. The van der Waals surface area contributed by atoms with E-state index < -0.39 is 0 Å². The molecule has 0 amide bonds. The Hall–Kier alpha value is -0.900. The van der Waals surface area contributed by atoms with Crippen LogP contribution in [0.2, 0.25) is 0 Å². The topological polar surface area (TPSA) is 51.0 Å². The lowest BCUT2D eigenvalue weighted by molar-refractivity contribution is 0.332. The molecule has 16 heavy (non-hydrogen) atoms. The van der Waals surface area contributed by atoms with Crippen molar-refractivity contribution in [3.05, 3.63) is 11.7 Å². The van der Waals surface area contributed by atoms with E-state index in [2.05, 4.69) is 36.2 Å². The van der Waals surface area contributed by atoms with E-state index in [4.69, 9.17) is 4.52 Å². The van der Waals surface area contributed by atoms with E-state index in [9.17, 15) is 0 Å². The van der Waals surface area contributed by atoms with E-state index in [1.165, 1.54) is 25.7 Å². The Balaban J connectivity index is 1.91. The van der Waals surface area contributed by atoms with E-state index in [1.54, 1.807) is 0 Å². The predicted octanol–water partition coefficient (Wildman–Crippen LogP) is 2.62. The number of rotatable bonds is 3. The van der Waals surface area contributed by atoms with Crippen LogP contribution in [-0.2, 0) is 6.54 Å². The minimum atomic E-state index is 0.0853. The first kappa shape index (κ1) is 11.6. The van der Waals surface area contributed by atoms with Gasteiger partial charge in [-0.15, -0.1) is 0 Å². The summed E-state index contributed by atoms with van der Waals surface area (Å²) in [6.45, 7) is 7.03. The van der Waals surface area contributed by atoms with Gasteiger partial charge in [-0.3, -0.25) is 0 Å². The summed E-state index contributed by atoms with van der Waals surface area (Å²) in [7, 11) is 0. The third kappa shape index (κ3) is 3.04. The van der Waals surface area contributed by atoms with Crippen LogP contribution in [0.15, 0.2) is 4.52 Å². The second-order valence-electron chi connectivity index (χ2n) is 5.63. The van der Waals surface area contributed by atoms with Gasteiger partial charge in [-0.1, -0.05) is 18.0 Å². The van der Waals surface area contributed by atoms with Crippen molar-refractivity contribution in [3.63, 3.8) is 0 Å². The molecule has 1 aromatic heterocycles. The van der Waals surface area contributed by atoms with Gasteiger partial charge < -0.3 is 9.84 Å². The number of hydrogen-bond donors (Lipinski definition) is 1. The van der Waals surface area contributed by atoms with Gasteiger partial charge in [-0.25, -0.2) is 0 Å². The standard InChI is InChI=1S/C12H21N3O/c1-12(2,3)13-8-10-14-11(15-16-10)9-6-4-5-7-9/h9,13H,4-8H2,1-3H3. The molecule has 1 N–H and O–H groups in total. The van der Waals surface area contributed by atoms with Gasteiger partial charge in [0.25, 0.3) is 0 Å². The zero-order valence-electron chi connectivity index (χ0n) is 10.4. The minimum absolute atomic E-state index is 0.0853. The van der Waals surface area contributed by atoms with Crippen molar-refractivity contribution in [1.29, 1.82) is 0 Å². The molecule has 90 valence electrons. The summed E-state index contributed by atoms with van der Waals surface area (Å²) in [5.74, 6) is 2.15. The molecule has 1 fully saturated rings. The molecule has 1 aliphatic carbocycles. The van der Waals surface area contributed by atoms with Crippen LogP contribution in [0.25, 0.3) is 0 Å². The maximum absolute atomic E-state index is 5.25. The van der Waals surface area contributed by atoms with Crippen LogP contribution < -0.4 is 5.32 Å². The molecule has 4 nitrogen and oxygen atoms in total. The number of nitrogens with one attached hydrogen (secondary N) is 1. The van der Waals surface area contributed by atoms with Gasteiger partial charge in [0.2, 0.25) is 5.89 Å². The smallest absolute Gasteiger partial charge is 0.240 e. The minimum Gasteiger partial charge on any atom is -0.338 e. The Bertz CT molecular complexity index is 334. The Morgan fingerprint density at radius 3 is 2.62 bits per heavy atom. The Morgan fingerprint density at radius 1 is 1.31 bits per heavy atom. The van der Waals surface area contributed by atoms with Crippen molar-refractivity contribution >= 4 is 0 Å². The van der Waals surface area contributed by atoms with Gasteiger partial charge in [0, 0.05) is 11.5 Å². The van der Waals surface area contributed by atoms with E-state index in [0.29, 0.717) is 18.4 Å².